The summed E-state index contributed by atoms with van der Waals surface area (Å²) in [7, 11) is -2.67. The van der Waals surface area contributed by atoms with Gasteiger partial charge in [-0.2, -0.15) is 28.2 Å². The number of amidine groups is 1. The summed E-state index contributed by atoms with van der Waals surface area (Å²) in [6.07, 6.45) is 0.740. The molecule has 0 atom stereocenters. The van der Waals surface area contributed by atoms with Gasteiger partial charge in [-0.15, -0.1) is 0 Å². The molecule has 5 rings (SSSR count). The van der Waals surface area contributed by atoms with E-state index in [1.807, 2.05) is 0 Å². The lowest BCUT2D eigenvalue weighted by atomic mass is 10.1. The molecule has 1 aromatic heterocycles. The summed E-state index contributed by atoms with van der Waals surface area (Å²) in [5.41, 5.74) is -1.81. The zero-order valence-electron chi connectivity index (χ0n) is 19.6. The van der Waals surface area contributed by atoms with Crippen LogP contribution in [0.2, 0.25) is 0 Å². The quantitative estimate of drug-likeness (QED) is 0.359. The van der Waals surface area contributed by atoms with E-state index in [4.69, 9.17) is 0 Å². The highest BCUT2D eigenvalue weighted by molar-refractivity contribution is 8.44. The minimum Gasteiger partial charge on any atom is -0.272 e. The fourth-order valence-electron chi connectivity index (χ4n) is 4.15. The number of amides is 3. The molecule has 38 heavy (non-hydrogen) atoms. The number of carbonyl (C=O) groups excluding carboxylic acids is 3. The van der Waals surface area contributed by atoms with Crippen molar-refractivity contribution in [3.05, 3.63) is 77.1 Å². The molecule has 0 saturated heterocycles. The van der Waals surface area contributed by atoms with E-state index in [1.165, 1.54) is 37.0 Å². The Kier molecular flexibility index (Phi) is 5.82. The zero-order chi connectivity index (χ0) is 27.6. The third-order valence-electron chi connectivity index (χ3n) is 6.09. The lowest BCUT2D eigenvalue weighted by Crippen LogP contribution is -2.36. The molecule has 0 radical (unpaired) electrons. The number of anilines is 2. The van der Waals surface area contributed by atoms with Crippen LogP contribution in [0, 0.1) is 11.6 Å². The van der Waals surface area contributed by atoms with Crippen molar-refractivity contribution in [3.8, 4) is 0 Å². The topological polar surface area (TPSA) is 95.8 Å². The number of hydrogen-bond donors (Lipinski definition) is 0. The first-order valence-corrected chi connectivity index (χ1v) is 13.2. The first-order chi connectivity index (χ1) is 17.8. The van der Waals surface area contributed by atoms with Crippen molar-refractivity contribution in [2.45, 2.75) is 17.6 Å². The van der Waals surface area contributed by atoms with Crippen molar-refractivity contribution < 1.29 is 36.3 Å². The van der Waals surface area contributed by atoms with Gasteiger partial charge in [0.2, 0.25) is 5.95 Å². The van der Waals surface area contributed by atoms with Gasteiger partial charge in [-0.05, 0) is 53.8 Å². The number of aromatic nitrogens is 2. The van der Waals surface area contributed by atoms with Crippen LogP contribution in [0.3, 0.4) is 0 Å². The van der Waals surface area contributed by atoms with Crippen molar-refractivity contribution in [2.24, 2.45) is 4.99 Å². The number of alkyl halides is 3. The maximum Gasteiger partial charge on any atom is 0.419 e. The molecule has 0 fully saturated rings. The number of rotatable bonds is 3. The smallest absolute Gasteiger partial charge is 0.272 e. The molecule has 0 bridgehead atoms. The van der Waals surface area contributed by atoms with Gasteiger partial charge in [0.25, 0.3) is 5.91 Å². The van der Waals surface area contributed by atoms with Crippen molar-refractivity contribution in [2.75, 3.05) is 22.3 Å². The Morgan fingerprint density at radius 1 is 0.921 bits per heavy atom. The highest BCUT2D eigenvalue weighted by Crippen LogP contribution is 2.54. The average molecular weight is 549 g/mol. The van der Waals surface area contributed by atoms with Crippen molar-refractivity contribution >= 4 is 44.6 Å². The molecule has 2 aliphatic rings. The summed E-state index contributed by atoms with van der Waals surface area (Å²) in [6.45, 7) is -0.176. The van der Waals surface area contributed by atoms with Gasteiger partial charge in [0.15, 0.2) is 5.17 Å². The average Bonchev–Trinajstić information content (AvgIpc) is 3.36. The van der Waals surface area contributed by atoms with Crippen LogP contribution in [-0.2, 0) is 22.3 Å². The number of nitrogens with zero attached hydrogens (tertiary/aromatic N) is 5. The van der Waals surface area contributed by atoms with Crippen LogP contribution in [-0.4, -0.2) is 45.4 Å². The molecule has 3 aromatic rings. The summed E-state index contributed by atoms with van der Waals surface area (Å²) < 4.78 is 69.2. The Balaban J connectivity index is 1.58. The van der Waals surface area contributed by atoms with Gasteiger partial charge in [-0.25, -0.2) is 18.7 Å². The largest absolute Gasteiger partial charge is 0.419 e. The molecular weight excluding hydrogens is 533 g/mol. The lowest BCUT2D eigenvalue weighted by molar-refractivity contribution is -0.140. The van der Waals surface area contributed by atoms with Gasteiger partial charge >= 0.3 is 18.0 Å². The van der Waals surface area contributed by atoms with E-state index in [0.29, 0.717) is 12.1 Å². The third-order valence-corrected chi connectivity index (χ3v) is 8.71. The maximum atomic E-state index is 15.2. The Morgan fingerprint density at radius 3 is 2.26 bits per heavy atom. The molecular formula is C24H16F5N5O3S. The fourth-order valence-corrected chi connectivity index (χ4v) is 6.14. The molecule has 3 amide bonds. The molecule has 8 nitrogen and oxygen atoms in total. The number of hydrogen-bond acceptors (Lipinski definition) is 5. The van der Waals surface area contributed by atoms with Gasteiger partial charge in [-0.3, -0.25) is 24.2 Å². The second-order valence-electron chi connectivity index (χ2n) is 8.70. The predicted octanol–water partition coefficient (Wildman–Crippen LogP) is 4.29. The van der Waals surface area contributed by atoms with E-state index < -0.39 is 51.1 Å². The minimum atomic E-state index is -4.99. The summed E-state index contributed by atoms with van der Waals surface area (Å²) in [6, 6.07) is 6.04. The zero-order valence-corrected chi connectivity index (χ0v) is 20.4. The number of halogens is 5. The highest BCUT2D eigenvalue weighted by Gasteiger charge is 2.44. The molecule has 0 N–H and O–H groups in total. The molecule has 0 spiro atoms. The Morgan fingerprint density at radius 2 is 1.61 bits per heavy atom. The number of fused-ring (bicyclic) bond motifs is 1. The predicted molar refractivity (Wildman–Crippen MR) is 128 cm³/mol. The van der Waals surface area contributed by atoms with Crippen molar-refractivity contribution in [3.63, 3.8) is 0 Å². The van der Waals surface area contributed by atoms with Crippen LogP contribution in [0.4, 0.5) is 33.6 Å². The molecule has 3 heterocycles. The Hall–Kier alpha value is -4.20. The van der Waals surface area contributed by atoms with Crippen LogP contribution in [0.25, 0.3) is 0 Å². The normalized spacial score (nSPS) is 16.3. The molecule has 14 heteroatoms. The number of benzene rings is 2. The Labute approximate surface area is 213 Å². The monoisotopic (exact) mass is 549 g/mol. The van der Waals surface area contributed by atoms with Crippen molar-refractivity contribution in [1.29, 1.82) is 0 Å². The summed E-state index contributed by atoms with van der Waals surface area (Å²) in [5, 5.41) is -0.236. The molecule has 2 aromatic carbocycles. The maximum absolute atomic E-state index is 15.2. The van der Waals surface area contributed by atoms with Gasteiger partial charge in [-0.1, -0.05) is 0 Å². The minimum absolute atomic E-state index is 0.0163. The third kappa shape index (κ3) is 4.00. The summed E-state index contributed by atoms with van der Waals surface area (Å²) in [4.78, 5) is 51.9. The Bertz CT molecular complexity index is 1560. The molecule has 2 aliphatic heterocycles. The van der Waals surface area contributed by atoms with Crippen LogP contribution < -0.4 is 9.80 Å². The van der Waals surface area contributed by atoms with Gasteiger partial charge < -0.3 is 0 Å². The van der Waals surface area contributed by atoms with E-state index in [1.54, 1.807) is 0 Å². The van der Waals surface area contributed by atoms with Gasteiger partial charge in [0, 0.05) is 18.0 Å². The van der Waals surface area contributed by atoms with E-state index in [-0.39, 0.29) is 39.4 Å². The van der Waals surface area contributed by atoms with Crippen LogP contribution in [0.15, 0.2) is 58.7 Å². The summed E-state index contributed by atoms with van der Waals surface area (Å²) >= 11 is 0. The molecule has 196 valence electrons. The lowest BCUT2D eigenvalue weighted by Gasteiger charge is -2.36. The number of aliphatic imine (C=N–C) groups is 1. The second kappa shape index (κ2) is 8.68. The fraction of sp³-hybridized carbons (Fsp3) is 0.167. The van der Waals surface area contributed by atoms with Crippen LogP contribution in [0.5, 0.6) is 0 Å². The first-order valence-electron chi connectivity index (χ1n) is 10.8. The van der Waals surface area contributed by atoms with E-state index in [2.05, 4.69) is 15.0 Å². The first kappa shape index (κ1) is 25.4. The van der Waals surface area contributed by atoms with E-state index in [9.17, 15) is 31.9 Å². The second-order valence-corrected chi connectivity index (χ2v) is 12.2. The van der Waals surface area contributed by atoms with Gasteiger partial charge in [0.1, 0.15) is 11.6 Å². The highest BCUT2D eigenvalue weighted by atomic mass is 32.3. The van der Waals surface area contributed by atoms with Crippen LogP contribution >= 0.6 is 10.0 Å². The summed E-state index contributed by atoms with van der Waals surface area (Å²) in [5.74, 6) is -5.35. The van der Waals surface area contributed by atoms with E-state index >= 15 is 4.39 Å². The molecule has 0 aliphatic carbocycles. The SMILES string of the molecule is CS(C)(C1=NC(=O)C(=O)N1c1cc(F)c2c(c1)C(=O)N(c1ncccn1)C2)c1ccc(F)c(C(F)(F)F)c1. The van der Waals surface area contributed by atoms with Gasteiger partial charge in [0.05, 0.1) is 23.4 Å². The molecule has 0 unspecified atom stereocenters. The van der Waals surface area contributed by atoms with Crippen molar-refractivity contribution in [1.82, 2.24) is 9.97 Å². The molecule has 0 saturated carbocycles. The number of carbonyl (C=O) groups is 3. The van der Waals surface area contributed by atoms with E-state index in [0.717, 1.165) is 21.9 Å². The standard InChI is InChI=1S/C24H16F5N5O3S/c1-38(2,13-4-5-17(25)16(10-13)24(27,28)29)23-32-19(35)21(37)34(23)12-8-14-15(18(26)9-12)11-33(20(14)36)22-30-6-3-7-31-22/h3-10H,11H2,1-2H3. The van der Waals surface area contributed by atoms with Crippen LogP contribution in [0.1, 0.15) is 21.5 Å².